The summed E-state index contributed by atoms with van der Waals surface area (Å²) in [6.45, 7) is 8.00. The molecule has 1 aromatic rings. The van der Waals surface area contributed by atoms with E-state index >= 15 is 0 Å². The minimum atomic E-state index is -0.428. The minimum Gasteiger partial charge on any atom is -0.469 e. The first-order valence-corrected chi connectivity index (χ1v) is 8.69. The van der Waals surface area contributed by atoms with Gasteiger partial charge in [0.2, 0.25) is 0 Å². The van der Waals surface area contributed by atoms with Gasteiger partial charge < -0.3 is 24.1 Å². The van der Waals surface area contributed by atoms with E-state index in [1.807, 2.05) is 18.7 Å². The number of guanidine groups is 1. The molecule has 0 spiro atoms. The number of methoxy groups -OCH3 is 2. The first-order valence-electron chi connectivity index (χ1n) is 8.69. The predicted molar refractivity (Wildman–Crippen MR) is 111 cm³/mol. The summed E-state index contributed by atoms with van der Waals surface area (Å²) in [4.78, 5) is 30.2. The van der Waals surface area contributed by atoms with E-state index < -0.39 is 5.97 Å². The number of carbonyl (C=O) groups excluding carboxylic acids is 2. The Morgan fingerprint density at radius 1 is 1.33 bits per heavy atom. The normalized spacial score (nSPS) is 19.4. The van der Waals surface area contributed by atoms with E-state index in [1.54, 1.807) is 13.0 Å². The van der Waals surface area contributed by atoms with Gasteiger partial charge in [0.25, 0.3) is 0 Å². The summed E-state index contributed by atoms with van der Waals surface area (Å²) < 4.78 is 15.2. The van der Waals surface area contributed by atoms with Gasteiger partial charge in [-0.15, -0.1) is 24.0 Å². The summed E-state index contributed by atoms with van der Waals surface area (Å²) in [5, 5.41) is 3.24. The van der Waals surface area contributed by atoms with Crippen molar-refractivity contribution < 1.29 is 23.5 Å². The van der Waals surface area contributed by atoms with E-state index in [-0.39, 0.29) is 48.3 Å². The number of aryl methyl sites for hydroxylation is 1. The maximum atomic E-state index is 11.9. The number of nitrogens with one attached hydrogen (secondary N) is 1. The van der Waals surface area contributed by atoms with E-state index in [9.17, 15) is 9.59 Å². The number of ether oxygens (including phenoxy) is 2. The van der Waals surface area contributed by atoms with Gasteiger partial charge in [-0.3, -0.25) is 4.79 Å². The van der Waals surface area contributed by atoms with Crippen LogP contribution in [0.15, 0.2) is 15.5 Å². The standard InChI is InChI=1S/C18H27N3O5.HI/c1-6-19-18(21-9-11(2)15(10-21)17(23)25-5)20-8-13-7-14(12(3)26-13)16(22)24-4;/h7,11,15H,6,8-10H2,1-5H3,(H,19,20);1H. The van der Waals surface area contributed by atoms with E-state index in [4.69, 9.17) is 13.9 Å². The largest absolute Gasteiger partial charge is 0.469 e. The number of nitrogens with zero attached hydrogens (tertiary/aromatic N) is 2. The Balaban J connectivity index is 0.00000364. The molecule has 2 heterocycles. The van der Waals surface area contributed by atoms with Crippen molar-refractivity contribution in [1.82, 2.24) is 10.2 Å². The Hall–Kier alpha value is -1.78. The zero-order valence-electron chi connectivity index (χ0n) is 16.4. The van der Waals surface area contributed by atoms with Crippen molar-refractivity contribution >= 4 is 41.9 Å². The molecule has 2 unspecified atom stereocenters. The molecule has 0 amide bonds. The monoisotopic (exact) mass is 493 g/mol. The smallest absolute Gasteiger partial charge is 0.341 e. The van der Waals surface area contributed by atoms with Gasteiger partial charge in [0, 0.05) is 19.6 Å². The highest BCUT2D eigenvalue weighted by atomic mass is 127. The van der Waals surface area contributed by atoms with Crippen molar-refractivity contribution in [3.63, 3.8) is 0 Å². The lowest BCUT2D eigenvalue weighted by Crippen LogP contribution is -2.40. The number of hydrogen-bond donors (Lipinski definition) is 1. The number of rotatable bonds is 5. The fourth-order valence-electron chi connectivity index (χ4n) is 3.11. The molecular weight excluding hydrogens is 465 g/mol. The lowest BCUT2D eigenvalue weighted by atomic mass is 9.99. The lowest BCUT2D eigenvalue weighted by molar-refractivity contribution is -0.145. The van der Waals surface area contributed by atoms with E-state index in [2.05, 4.69) is 10.3 Å². The van der Waals surface area contributed by atoms with Crippen LogP contribution in [0.2, 0.25) is 0 Å². The van der Waals surface area contributed by atoms with Gasteiger partial charge in [-0.05, 0) is 25.8 Å². The minimum absolute atomic E-state index is 0. The Kier molecular flexibility index (Phi) is 9.07. The van der Waals surface area contributed by atoms with Crippen molar-refractivity contribution in [1.29, 1.82) is 0 Å². The average molecular weight is 493 g/mol. The second-order valence-corrected chi connectivity index (χ2v) is 6.36. The third kappa shape index (κ3) is 5.60. The van der Waals surface area contributed by atoms with Crippen LogP contribution in [0.5, 0.6) is 0 Å². The summed E-state index contributed by atoms with van der Waals surface area (Å²) >= 11 is 0. The summed E-state index contributed by atoms with van der Waals surface area (Å²) in [6.07, 6.45) is 0. The van der Waals surface area contributed by atoms with Crippen LogP contribution in [0.3, 0.4) is 0 Å². The molecule has 1 N–H and O–H groups in total. The van der Waals surface area contributed by atoms with Crippen LogP contribution in [0.1, 0.15) is 35.7 Å². The van der Waals surface area contributed by atoms with Gasteiger partial charge in [0.1, 0.15) is 23.6 Å². The zero-order valence-corrected chi connectivity index (χ0v) is 18.7. The zero-order chi connectivity index (χ0) is 19.3. The van der Waals surface area contributed by atoms with Gasteiger partial charge >= 0.3 is 11.9 Å². The number of likely N-dealkylation sites (tertiary alicyclic amines) is 1. The number of halogens is 1. The second kappa shape index (κ2) is 10.5. The molecule has 1 aliphatic rings. The number of esters is 2. The highest BCUT2D eigenvalue weighted by molar-refractivity contribution is 14.0. The third-order valence-electron chi connectivity index (χ3n) is 4.51. The average Bonchev–Trinajstić information content (AvgIpc) is 3.20. The number of hydrogen-bond acceptors (Lipinski definition) is 6. The number of carbonyl (C=O) groups is 2. The first-order chi connectivity index (χ1) is 12.4. The van der Waals surface area contributed by atoms with E-state index in [0.717, 1.165) is 6.54 Å². The maximum Gasteiger partial charge on any atom is 0.341 e. The summed E-state index contributed by atoms with van der Waals surface area (Å²) in [5.41, 5.74) is 0.406. The molecule has 27 heavy (non-hydrogen) atoms. The van der Waals surface area contributed by atoms with Crippen molar-refractivity contribution in [2.75, 3.05) is 33.9 Å². The van der Waals surface area contributed by atoms with Gasteiger partial charge in [0.15, 0.2) is 5.96 Å². The van der Waals surface area contributed by atoms with E-state index in [0.29, 0.717) is 36.1 Å². The highest BCUT2D eigenvalue weighted by Gasteiger charge is 2.36. The van der Waals surface area contributed by atoms with Gasteiger partial charge in [-0.2, -0.15) is 0 Å². The summed E-state index contributed by atoms with van der Waals surface area (Å²) in [7, 11) is 2.75. The third-order valence-corrected chi connectivity index (χ3v) is 4.51. The van der Waals surface area contributed by atoms with Crippen molar-refractivity contribution in [3.05, 3.63) is 23.2 Å². The number of aliphatic imine (C=N–C) groups is 1. The van der Waals surface area contributed by atoms with Crippen molar-refractivity contribution in [2.45, 2.75) is 27.3 Å². The van der Waals surface area contributed by atoms with E-state index in [1.165, 1.54) is 14.2 Å². The number of furan rings is 1. The predicted octanol–water partition coefficient (Wildman–Crippen LogP) is 2.20. The van der Waals surface area contributed by atoms with Crippen LogP contribution in [0, 0.1) is 18.8 Å². The molecule has 0 bridgehead atoms. The Morgan fingerprint density at radius 2 is 2.04 bits per heavy atom. The van der Waals surface area contributed by atoms with Crippen LogP contribution in [0.25, 0.3) is 0 Å². The Morgan fingerprint density at radius 3 is 2.63 bits per heavy atom. The molecule has 1 saturated heterocycles. The van der Waals surface area contributed by atoms with Crippen LogP contribution in [0.4, 0.5) is 0 Å². The van der Waals surface area contributed by atoms with Crippen molar-refractivity contribution in [2.24, 2.45) is 16.8 Å². The van der Waals surface area contributed by atoms with Crippen LogP contribution in [-0.2, 0) is 20.8 Å². The van der Waals surface area contributed by atoms with Crippen LogP contribution in [-0.4, -0.2) is 56.7 Å². The molecule has 1 aromatic heterocycles. The fraction of sp³-hybridized carbons (Fsp3) is 0.611. The molecular formula is C18H28IN3O5. The Bertz CT molecular complexity index is 689. The summed E-state index contributed by atoms with van der Waals surface area (Å²) in [6, 6.07) is 1.65. The first kappa shape index (κ1) is 23.3. The molecule has 0 aliphatic carbocycles. The molecule has 1 fully saturated rings. The molecule has 1 aliphatic heterocycles. The van der Waals surface area contributed by atoms with Crippen LogP contribution < -0.4 is 5.32 Å². The lowest BCUT2D eigenvalue weighted by Gasteiger charge is -2.21. The topological polar surface area (TPSA) is 93.4 Å². The SMILES string of the molecule is CCNC(=NCc1cc(C(=O)OC)c(C)o1)N1CC(C)C(C(=O)OC)C1.I. The molecule has 0 saturated carbocycles. The van der Waals surface area contributed by atoms with Crippen LogP contribution >= 0.6 is 24.0 Å². The fourth-order valence-corrected chi connectivity index (χ4v) is 3.11. The molecule has 0 aromatic carbocycles. The molecule has 0 radical (unpaired) electrons. The Labute approximate surface area is 176 Å². The van der Waals surface area contributed by atoms with Gasteiger partial charge in [-0.1, -0.05) is 6.92 Å². The van der Waals surface area contributed by atoms with Gasteiger partial charge in [-0.25, -0.2) is 9.79 Å². The quantitative estimate of drug-likeness (QED) is 0.291. The second-order valence-electron chi connectivity index (χ2n) is 6.36. The highest BCUT2D eigenvalue weighted by Crippen LogP contribution is 2.24. The maximum absolute atomic E-state index is 11.9. The van der Waals surface area contributed by atoms with Crippen molar-refractivity contribution in [3.8, 4) is 0 Å². The molecule has 8 nitrogen and oxygen atoms in total. The molecule has 2 atom stereocenters. The van der Waals surface area contributed by atoms with Gasteiger partial charge in [0.05, 0.1) is 20.1 Å². The molecule has 9 heteroatoms. The summed E-state index contributed by atoms with van der Waals surface area (Å²) in [5.74, 6) is 1.19. The molecule has 2 rings (SSSR count). The molecule has 152 valence electrons.